The van der Waals surface area contributed by atoms with Crippen LogP contribution in [-0.4, -0.2) is 9.97 Å². The third-order valence-electron chi connectivity index (χ3n) is 3.09. The van der Waals surface area contributed by atoms with Gasteiger partial charge in [-0.1, -0.05) is 30.3 Å². The molecular formula is C17H12BrFN2O. The number of aromatic nitrogens is 2. The van der Waals surface area contributed by atoms with Crippen LogP contribution < -0.4 is 4.74 Å². The van der Waals surface area contributed by atoms with Crippen molar-refractivity contribution in [1.82, 2.24) is 9.97 Å². The van der Waals surface area contributed by atoms with Crippen LogP contribution in [0.1, 0.15) is 5.56 Å². The van der Waals surface area contributed by atoms with Crippen molar-refractivity contribution in [2.45, 2.75) is 6.61 Å². The minimum Gasteiger partial charge on any atom is -0.489 e. The molecule has 0 aliphatic heterocycles. The van der Waals surface area contributed by atoms with Crippen LogP contribution in [0, 0.1) is 5.82 Å². The first-order valence-corrected chi connectivity index (χ1v) is 7.46. The first kappa shape index (κ1) is 14.7. The third kappa shape index (κ3) is 3.49. The summed E-state index contributed by atoms with van der Waals surface area (Å²) in [5.41, 5.74) is 1.91. The van der Waals surface area contributed by atoms with Crippen molar-refractivity contribution in [3.8, 4) is 17.0 Å². The molecule has 3 nitrogen and oxygen atoms in total. The van der Waals surface area contributed by atoms with Crippen molar-refractivity contribution in [1.29, 1.82) is 0 Å². The molecule has 0 unspecified atom stereocenters. The Morgan fingerprint density at radius 2 is 1.82 bits per heavy atom. The Morgan fingerprint density at radius 3 is 2.50 bits per heavy atom. The van der Waals surface area contributed by atoms with Crippen molar-refractivity contribution >= 4 is 15.9 Å². The van der Waals surface area contributed by atoms with E-state index in [4.69, 9.17) is 4.74 Å². The molecule has 0 fully saturated rings. The molecule has 0 spiro atoms. The second kappa shape index (κ2) is 6.66. The average molecular weight is 359 g/mol. The summed E-state index contributed by atoms with van der Waals surface area (Å²) in [5.74, 6) is 0.0948. The van der Waals surface area contributed by atoms with Crippen LogP contribution in [-0.2, 0) is 6.61 Å². The van der Waals surface area contributed by atoms with Crippen LogP contribution >= 0.6 is 15.9 Å². The second-order valence-electron chi connectivity index (χ2n) is 4.64. The maximum atomic E-state index is 14.2. The molecule has 5 heteroatoms. The smallest absolute Gasteiger partial charge is 0.136 e. The van der Waals surface area contributed by atoms with Crippen LogP contribution in [0.25, 0.3) is 11.3 Å². The van der Waals surface area contributed by atoms with E-state index in [1.165, 1.54) is 18.5 Å². The van der Waals surface area contributed by atoms with Gasteiger partial charge in [0.2, 0.25) is 0 Å². The lowest BCUT2D eigenvalue weighted by Crippen LogP contribution is -1.96. The summed E-state index contributed by atoms with van der Waals surface area (Å²) in [7, 11) is 0. The molecule has 0 amide bonds. The molecule has 0 aliphatic rings. The highest BCUT2D eigenvalue weighted by atomic mass is 79.9. The quantitative estimate of drug-likeness (QED) is 0.682. The van der Waals surface area contributed by atoms with Crippen LogP contribution in [0.5, 0.6) is 5.75 Å². The highest BCUT2D eigenvalue weighted by Crippen LogP contribution is 2.25. The van der Waals surface area contributed by atoms with E-state index in [0.29, 0.717) is 28.2 Å². The maximum Gasteiger partial charge on any atom is 0.136 e. The van der Waals surface area contributed by atoms with E-state index in [1.54, 1.807) is 12.1 Å². The summed E-state index contributed by atoms with van der Waals surface area (Å²) >= 11 is 3.20. The number of halogens is 2. The average Bonchev–Trinajstić information content (AvgIpc) is 2.55. The van der Waals surface area contributed by atoms with Crippen molar-refractivity contribution in [3.05, 3.63) is 76.9 Å². The van der Waals surface area contributed by atoms with E-state index >= 15 is 0 Å². The Balaban J connectivity index is 1.76. The van der Waals surface area contributed by atoms with E-state index in [0.717, 1.165) is 5.56 Å². The molecule has 2 aromatic carbocycles. The van der Waals surface area contributed by atoms with Crippen LogP contribution in [0.2, 0.25) is 0 Å². The molecule has 0 N–H and O–H groups in total. The minimum absolute atomic E-state index is 0.387. The molecule has 0 saturated heterocycles. The zero-order valence-corrected chi connectivity index (χ0v) is 13.1. The van der Waals surface area contributed by atoms with Crippen molar-refractivity contribution in [2.24, 2.45) is 0 Å². The fourth-order valence-corrected chi connectivity index (χ4v) is 2.19. The Kier molecular flexibility index (Phi) is 4.44. The van der Waals surface area contributed by atoms with Gasteiger partial charge in [0.05, 0.1) is 18.1 Å². The highest BCUT2D eigenvalue weighted by Gasteiger charge is 2.08. The predicted octanol–water partition coefficient (Wildman–Crippen LogP) is 4.62. The van der Waals surface area contributed by atoms with Crippen LogP contribution in [0.4, 0.5) is 4.39 Å². The molecule has 0 aliphatic carbocycles. The molecule has 22 heavy (non-hydrogen) atoms. The maximum absolute atomic E-state index is 14.2. The first-order chi connectivity index (χ1) is 10.7. The topological polar surface area (TPSA) is 35.0 Å². The van der Waals surface area contributed by atoms with E-state index in [9.17, 15) is 4.39 Å². The lowest BCUT2D eigenvalue weighted by atomic mass is 10.1. The number of hydrogen-bond acceptors (Lipinski definition) is 3. The largest absolute Gasteiger partial charge is 0.489 e. The predicted molar refractivity (Wildman–Crippen MR) is 85.9 cm³/mol. The van der Waals surface area contributed by atoms with E-state index in [1.807, 2.05) is 30.3 Å². The molecule has 0 atom stereocenters. The van der Waals surface area contributed by atoms with E-state index < -0.39 is 0 Å². The highest BCUT2D eigenvalue weighted by molar-refractivity contribution is 9.10. The van der Waals surface area contributed by atoms with Crippen molar-refractivity contribution in [3.63, 3.8) is 0 Å². The van der Waals surface area contributed by atoms with Crippen molar-refractivity contribution < 1.29 is 9.13 Å². The Bertz CT molecular complexity index is 763. The van der Waals surface area contributed by atoms with Gasteiger partial charge >= 0.3 is 0 Å². The van der Waals surface area contributed by atoms with Crippen LogP contribution in [0.15, 0.2) is 65.5 Å². The molecule has 3 rings (SSSR count). The summed E-state index contributed by atoms with van der Waals surface area (Å²) in [6, 6.07) is 14.5. The molecule has 1 aromatic heterocycles. The van der Waals surface area contributed by atoms with E-state index in [-0.39, 0.29) is 5.82 Å². The molecular weight excluding hydrogens is 347 g/mol. The summed E-state index contributed by atoms with van der Waals surface area (Å²) in [5, 5.41) is 0. The van der Waals surface area contributed by atoms with Gasteiger partial charge in [-0.05, 0) is 33.6 Å². The summed E-state index contributed by atoms with van der Waals surface area (Å²) in [4.78, 5) is 8.19. The standard InChI is InChI=1S/C17H12BrFN2O/c18-17-10-20-16(9-21-17)14-7-6-13(8-15(14)19)22-11-12-4-2-1-3-5-12/h1-10H,11H2. The van der Waals surface area contributed by atoms with Gasteiger partial charge in [0.1, 0.15) is 22.8 Å². The number of ether oxygens (including phenoxy) is 1. The molecule has 3 aromatic rings. The molecule has 1 heterocycles. The number of benzene rings is 2. The fraction of sp³-hybridized carbons (Fsp3) is 0.0588. The zero-order chi connectivity index (χ0) is 15.4. The Morgan fingerprint density at radius 1 is 1.00 bits per heavy atom. The first-order valence-electron chi connectivity index (χ1n) is 6.66. The Labute approximate surface area is 135 Å². The molecule has 0 bridgehead atoms. The van der Waals surface area contributed by atoms with E-state index in [2.05, 4.69) is 25.9 Å². The third-order valence-corrected chi connectivity index (χ3v) is 3.49. The van der Waals surface area contributed by atoms with Gasteiger partial charge in [-0.15, -0.1) is 0 Å². The van der Waals surface area contributed by atoms with Gasteiger partial charge in [0, 0.05) is 11.6 Å². The van der Waals surface area contributed by atoms with Gasteiger partial charge in [0.25, 0.3) is 0 Å². The number of rotatable bonds is 4. The van der Waals surface area contributed by atoms with Crippen LogP contribution in [0.3, 0.4) is 0 Å². The summed E-state index contributed by atoms with van der Waals surface area (Å²) in [6.07, 6.45) is 3.06. The normalized spacial score (nSPS) is 10.5. The monoisotopic (exact) mass is 358 g/mol. The van der Waals surface area contributed by atoms with Gasteiger partial charge in [0.15, 0.2) is 0 Å². The second-order valence-corrected chi connectivity index (χ2v) is 5.45. The SMILES string of the molecule is Fc1cc(OCc2ccccc2)ccc1-c1cnc(Br)cn1. The zero-order valence-electron chi connectivity index (χ0n) is 11.5. The Hall–Kier alpha value is -2.27. The van der Waals surface area contributed by atoms with Gasteiger partial charge in [-0.2, -0.15) is 0 Å². The molecule has 0 saturated carbocycles. The molecule has 110 valence electrons. The lowest BCUT2D eigenvalue weighted by molar-refractivity contribution is 0.304. The van der Waals surface area contributed by atoms with Gasteiger partial charge < -0.3 is 4.74 Å². The number of nitrogens with zero attached hydrogens (tertiary/aromatic N) is 2. The number of hydrogen-bond donors (Lipinski definition) is 0. The van der Waals surface area contributed by atoms with Crippen molar-refractivity contribution in [2.75, 3.05) is 0 Å². The van der Waals surface area contributed by atoms with Gasteiger partial charge in [-0.25, -0.2) is 9.37 Å². The summed E-state index contributed by atoms with van der Waals surface area (Å²) < 4.78 is 20.4. The minimum atomic E-state index is -0.387. The van der Waals surface area contributed by atoms with Gasteiger partial charge in [-0.3, -0.25) is 4.98 Å². The summed E-state index contributed by atoms with van der Waals surface area (Å²) in [6.45, 7) is 0.401. The lowest BCUT2D eigenvalue weighted by Gasteiger charge is -2.08. The molecule has 0 radical (unpaired) electrons. The fourth-order valence-electron chi connectivity index (χ4n) is 1.99.